The number of hydrogen-bond acceptors (Lipinski definition) is 3. The Labute approximate surface area is 180 Å². The zero-order valence-corrected chi connectivity index (χ0v) is 16.9. The van der Waals surface area contributed by atoms with Gasteiger partial charge in [0.15, 0.2) is 24.8 Å². The molecule has 2 aromatic heterocycles. The van der Waals surface area contributed by atoms with Crippen molar-refractivity contribution < 1.29 is 23.5 Å². The Kier molecular flexibility index (Phi) is 6.24. The third-order valence-electron chi connectivity index (χ3n) is 4.80. The van der Waals surface area contributed by atoms with E-state index in [4.69, 9.17) is 4.74 Å². The molecule has 4 rings (SSSR count). The number of pyridine rings is 2. The molecule has 0 radical (unpaired) electrons. The minimum absolute atomic E-state index is 0.00747. The zero-order valence-electron chi connectivity index (χ0n) is 16.9. The molecule has 0 atom stereocenters. The van der Waals surface area contributed by atoms with Crippen LogP contribution in [0.3, 0.4) is 0 Å². The minimum Gasteiger partial charge on any atom is -0.457 e. The molecule has 0 spiro atoms. The molecule has 0 N–H and O–H groups in total. The highest BCUT2D eigenvalue weighted by atomic mass is 16.5. The molecule has 152 valence electrons. The van der Waals surface area contributed by atoms with Gasteiger partial charge in [-0.25, -0.2) is 9.59 Å². The SMILES string of the molecule is O=C(Cc1ccc(Oc2ccc(CC(=O)[n+]3ccccc3)cc2)cc1)[n+]1ccccc1. The van der Waals surface area contributed by atoms with Crippen LogP contribution in [-0.4, -0.2) is 11.8 Å². The summed E-state index contributed by atoms with van der Waals surface area (Å²) < 4.78 is 9.04. The van der Waals surface area contributed by atoms with Crippen LogP contribution in [-0.2, 0) is 12.8 Å². The molecule has 4 aromatic rings. The number of carbonyl (C=O) groups excluding carboxylic acids is 2. The number of hydrogen-bond donors (Lipinski definition) is 0. The van der Waals surface area contributed by atoms with Crippen molar-refractivity contribution in [3.63, 3.8) is 0 Å². The lowest BCUT2D eigenvalue weighted by Gasteiger charge is -2.07. The van der Waals surface area contributed by atoms with Crippen LogP contribution in [0.2, 0.25) is 0 Å². The fraction of sp³-hybridized carbons (Fsp3) is 0.0769. The van der Waals surface area contributed by atoms with E-state index in [0.717, 1.165) is 11.1 Å². The first kappa shape index (κ1) is 20.2. The van der Waals surface area contributed by atoms with Crippen LogP contribution >= 0.6 is 0 Å². The monoisotopic (exact) mass is 410 g/mol. The van der Waals surface area contributed by atoms with E-state index < -0.39 is 0 Å². The van der Waals surface area contributed by atoms with Crippen molar-refractivity contribution in [2.24, 2.45) is 0 Å². The van der Waals surface area contributed by atoms with Crippen molar-refractivity contribution in [3.05, 3.63) is 121 Å². The first-order chi connectivity index (χ1) is 15.2. The van der Waals surface area contributed by atoms with Crippen LogP contribution < -0.4 is 13.9 Å². The minimum atomic E-state index is 0.00747. The second kappa shape index (κ2) is 9.59. The van der Waals surface area contributed by atoms with Gasteiger partial charge in [-0.05, 0) is 35.4 Å². The fourth-order valence-corrected chi connectivity index (χ4v) is 3.15. The van der Waals surface area contributed by atoms with Gasteiger partial charge in [0.05, 0.1) is 12.8 Å². The maximum absolute atomic E-state index is 12.3. The maximum Gasteiger partial charge on any atom is 0.396 e. The molecule has 31 heavy (non-hydrogen) atoms. The number of ether oxygens (including phenoxy) is 1. The van der Waals surface area contributed by atoms with Gasteiger partial charge < -0.3 is 4.74 Å². The fourth-order valence-electron chi connectivity index (χ4n) is 3.15. The van der Waals surface area contributed by atoms with Gasteiger partial charge in [0, 0.05) is 24.3 Å². The Bertz CT molecular complexity index is 1060. The van der Waals surface area contributed by atoms with Crippen molar-refractivity contribution in [2.75, 3.05) is 0 Å². The molecule has 0 saturated carbocycles. The van der Waals surface area contributed by atoms with Crippen molar-refractivity contribution in [3.8, 4) is 11.5 Å². The van der Waals surface area contributed by atoms with Gasteiger partial charge >= 0.3 is 11.8 Å². The number of carbonyl (C=O) groups is 2. The molecule has 2 aromatic carbocycles. The summed E-state index contributed by atoms with van der Waals surface area (Å²) >= 11 is 0. The third-order valence-corrected chi connectivity index (χ3v) is 4.80. The summed E-state index contributed by atoms with van der Waals surface area (Å²) in [5.74, 6) is 1.39. The average Bonchev–Trinajstić information content (AvgIpc) is 2.82. The Morgan fingerprint density at radius 1 is 0.548 bits per heavy atom. The predicted molar refractivity (Wildman–Crippen MR) is 115 cm³/mol. The summed E-state index contributed by atoms with van der Waals surface area (Å²) in [5.41, 5.74) is 1.84. The van der Waals surface area contributed by atoms with Gasteiger partial charge in [-0.1, -0.05) is 36.4 Å². The van der Waals surface area contributed by atoms with E-state index in [1.54, 1.807) is 33.9 Å². The maximum atomic E-state index is 12.3. The van der Waals surface area contributed by atoms with E-state index >= 15 is 0 Å². The highest BCUT2D eigenvalue weighted by Crippen LogP contribution is 2.22. The molecule has 5 nitrogen and oxygen atoms in total. The van der Waals surface area contributed by atoms with Crippen molar-refractivity contribution in [2.45, 2.75) is 12.8 Å². The van der Waals surface area contributed by atoms with Gasteiger partial charge in [-0.15, -0.1) is 9.13 Å². The normalized spacial score (nSPS) is 10.5. The molecule has 0 amide bonds. The first-order valence-electron chi connectivity index (χ1n) is 10.0. The predicted octanol–water partition coefficient (Wildman–Crippen LogP) is 3.82. The lowest BCUT2D eigenvalue weighted by molar-refractivity contribution is -0.574. The Morgan fingerprint density at radius 3 is 1.26 bits per heavy atom. The van der Waals surface area contributed by atoms with Crippen LogP contribution in [0.5, 0.6) is 11.5 Å². The summed E-state index contributed by atoms with van der Waals surface area (Å²) in [4.78, 5) is 24.6. The highest BCUT2D eigenvalue weighted by molar-refractivity contribution is 5.70. The molecular weight excluding hydrogens is 388 g/mol. The van der Waals surface area contributed by atoms with E-state index in [1.165, 1.54) is 0 Å². The van der Waals surface area contributed by atoms with Crippen molar-refractivity contribution in [1.29, 1.82) is 0 Å². The smallest absolute Gasteiger partial charge is 0.396 e. The molecule has 5 heteroatoms. The van der Waals surface area contributed by atoms with Gasteiger partial charge in [0.25, 0.3) is 0 Å². The van der Waals surface area contributed by atoms with Crippen molar-refractivity contribution >= 4 is 11.8 Å². The van der Waals surface area contributed by atoms with E-state index in [0.29, 0.717) is 24.3 Å². The lowest BCUT2D eigenvalue weighted by atomic mass is 10.1. The summed E-state index contributed by atoms with van der Waals surface area (Å²) in [6.45, 7) is 0. The highest BCUT2D eigenvalue weighted by Gasteiger charge is 2.15. The quantitative estimate of drug-likeness (QED) is 0.454. The van der Waals surface area contributed by atoms with E-state index in [1.807, 2.05) is 84.9 Å². The van der Waals surface area contributed by atoms with Gasteiger partial charge in [0.1, 0.15) is 11.5 Å². The van der Waals surface area contributed by atoms with E-state index in [9.17, 15) is 9.59 Å². The van der Waals surface area contributed by atoms with Crippen LogP contribution in [0.25, 0.3) is 0 Å². The molecule has 0 unspecified atom stereocenters. The summed E-state index contributed by atoms with van der Waals surface area (Å²) in [5, 5.41) is 0. The number of rotatable bonds is 6. The Balaban J connectivity index is 1.34. The second-order valence-corrected chi connectivity index (χ2v) is 7.10. The molecule has 0 aliphatic carbocycles. The molecule has 0 aliphatic heterocycles. The Morgan fingerprint density at radius 2 is 0.903 bits per heavy atom. The van der Waals surface area contributed by atoms with Crippen LogP contribution in [0.1, 0.15) is 20.7 Å². The summed E-state index contributed by atoms with van der Waals surface area (Å²) in [6.07, 6.45) is 7.62. The van der Waals surface area contributed by atoms with Gasteiger partial charge in [-0.3, -0.25) is 0 Å². The van der Waals surface area contributed by atoms with Crippen LogP contribution in [0.4, 0.5) is 0 Å². The van der Waals surface area contributed by atoms with Crippen LogP contribution in [0, 0.1) is 0 Å². The number of nitrogens with zero attached hydrogens (tertiary/aromatic N) is 2. The average molecular weight is 410 g/mol. The largest absolute Gasteiger partial charge is 0.457 e. The standard InChI is InChI=1S/C26H22N2O3/c29-25(27-15-3-1-4-16-27)19-21-7-11-23(12-8-21)31-24-13-9-22(10-14-24)20-26(30)28-17-5-2-6-18-28/h1-18H,19-20H2/q+2. The lowest BCUT2D eigenvalue weighted by Crippen LogP contribution is -2.42. The molecule has 0 fully saturated rings. The van der Waals surface area contributed by atoms with Gasteiger partial charge in [-0.2, -0.15) is 0 Å². The molecule has 0 aliphatic rings. The van der Waals surface area contributed by atoms with Crippen molar-refractivity contribution in [1.82, 2.24) is 0 Å². The van der Waals surface area contributed by atoms with Gasteiger partial charge in [0.2, 0.25) is 0 Å². The summed E-state index contributed by atoms with van der Waals surface area (Å²) in [6, 6.07) is 26.0. The summed E-state index contributed by atoms with van der Waals surface area (Å²) in [7, 11) is 0. The molecule has 0 saturated heterocycles. The number of aromatic nitrogens is 2. The zero-order chi connectivity index (χ0) is 21.5. The first-order valence-corrected chi connectivity index (χ1v) is 10.0. The Hall–Kier alpha value is -4.12. The van der Waals surface area contributed by atoms with E-state index in [2.05, 4.69) is 0 Å². The topological polar surface area (TPSA) is 51.1 Å². The van der Waals surface area contributed by atoms with E-state index in [-0.39, 0.29) is 11.8 Å². The van der Waals surface area contributed by atoms with Crippen LogP contribution in [0.15, 0.2) is 110 Å². The third kappa shape index (κ3) is 5.48. The number of benzene rings is 2. The molecule has 2 heterocycles. The second-order valence-electron chi connectivity index (χ2n) is 7.10. The molecular formula is C26H22N2O3+2. The molecule has 0 bridgehead atoms.